The molecule has 4 rings (SSSR count). The van der Waals surface area contributed by atoms with Crippen LogP contribution in [0.3, 0.4) is 0 Å². The monoisotopic (exact) mass is 315 g/mol. The summed E-state index contributed by atoms with van der Waals surface area (Å²) in [6, 6.07) is 0.305. The van der Waals surface area contributed by atoms with Gasteiger partial charge in [-0.05, 0) is 25.7 Å². The summed E-state index contributed by atoms with van der Waals surface area (Å²) < 4.78 is 0. The van der Waals surface area contributed by atoms with Crippen LogP contribution in [0.5, 0.6) is 0 Å². The lowest BCUT2D eigenvalue weighted by molar-refractivity contribution is -0.124. The zero-order chi connectivity index (χ0) is 15.6. The van der Waals surface area contributed by atoms with Crippen molar-refractivity contribution < 1.29 is 4.79 Å². The lowest BCUT2D eigenvalue weighted by Gasteiger charge is -2.27. The molecule has 6 nitrogen and oxygen atoms in total. The van der Waals surface area contributed by atoms with Gasteiger partial charge in [-0.2, -0.15) is 0 Å². The minimum absolute atomic E-state index is 0.146. The number of rotatable bonds is 3. The molecule has 0 aromatic carbocycles. The minimum Gasteiger partial charge on any atom is -0.352 e. The molecule has 124 valence electrons. The molecule has 2 bridgehead atoms. The van der Waals surface area contributed by atoms with Crippen LogP contribution in [-0.4, -0.2) is 53.0 Å². The number of hydrogen-bond donors (Lipinski definition) is 1. The second-order valence-electron chi connectivity index (χ2n) is 7.11. The van der Waals surface area contributed by atoms with Crippen LogP contribution in [0.15, 0.2) is 12.4 Å². The van der Waals surface area contributed by atoms with Crippen molar-refractivity contribution in [3.8, 4) is 0 Å². The molecule has 1 amide bonds. The van der Waals surface area contributed by atoms with E-state index < -0.39 is 0 Å². The van der Waals surface area contributed by atoms with Crippen molar-refractivity contribution >= 4 is 11.9 Å². The van der Waals surface area contributed by atoms with Gasteiger partial charge in [-0.3, -0.25) is 9.69 Å². The smallest absolute Gasteiger partial charge is 0.225 e. The van der Waals surface area contributed by atoms with Crippen LogP contribution < -0.4 is 10.2 Å². The fraction of sp³-hybridized carbons (Fsp3) is 0.706. The number of likely N-dealkylation sites (tertiary alicyclic amines) is 1. The summed E-state index contributed by atoms with van der Waals surface area (Å²) in [5.41, 5.74) is 1.14. The zero-order valence-corrected chi connectivity index (χ0v) is 13.6. The van der Waals surface area contributed by atoms with E-state index in [-0.39, 0.29) is 11.8 Å². The van der Waals surface area contributed by atoms with Crippen molar-refractivity contribution in [2.24, 2.45) is 5.92 Å². The summed E-state index contributed by atoms with van der Waals surface area (Å²) in [5, 5.41) is 3.18. The maximum atomic E-state index is 12.1. The molecule has 3 aliphatic heterocycles. The van der Waals surface area contributed by atoms with Crippen LogP contribution in [-0.2, 0) is 11.3 Å². The first kappa shape index (κ1) is 14.9. The van der Waals surface area contributed by atoms with E-state index in [2.05, 4.69) is 25.1 Å². The van der Waals surface area contributed by atoms with Gasteiger partial charge < -0.3 is 10.2 Å². The zero-order valence-electron chi connectivity index (χ0n) is 13.6. The van der Waals surface area contributed by atoms with E-state index in [1.807, 2.05) is 12.4 Å². The summed E-state index contributed by atoms with van der Waals surface area (Å²) in [5.74, 6) is 1.25. The average Bonchev–Trinajstić information content (AvgIpc) is 2.96. The van der Waals surface area contributed by atoms with Gasteiger partial charge in [0.15, 0.2) is 0 Å². The predicted octanol–water partition coefficient (Wildman–Crippen LogP) is 1.18. The van der Waals surface area contributed by atoms with Crippen molar-refractivity contribution in [2.45, 2.75) is 44.7 Å². The van der Waals surface area contributed by atoms with Crippen LogP contribution in [0.1, 0.15) is 37.7 Å². The third-order valence-electron chi connectivity index (χ3n) is 5.27. The van der Waals surface area contributed by atoms with E-state index in [0.717, 1.165) is 63.5 Å². The maximum absolute atomic E-state index is 12.1. The molecule has 3 aliphatic rings. The lowest BCUT2D eigenvalue weighted by Crippen LogP contribution is -2.38. The molecular formula is C17H25N5O. The molecule has 1 N–H and O–H groups in total. The minimum atomic E-state index is 0.146. The second kappa shape index (κ2) is 6.43. The third-order valence-corrected chi connectivity index (χ3v) is 5.27. The molecule has 3 saturated heterocycles. The molecule has 6 heteroatoms. The molecular weight excluding hydrogens is 290 g/mol. The highest BCUT2D eigenvalue weighted by atomic mass is 16.2. The molecule has 4 heterocycles. The van der Waals surface area contributed by atoms with Crippen LogP contribution in [0.2, 0.25) is 0 Å². The van der Waals surface area contributed by atoms with Gasteiger partial charge in [0.1, 0.15) is 0 Å². The Morgan fingerprint density at radius 2 is 1.87 bits per heavy atom. The molecule has 23 heavy (non-hydrogen) atoms. The Balaban J connectivity index is 1.42. The molecule has 1 aromatic rings. The van der Waals surface area contributed by atoms with Crippen molar-refractivity contribution in [3.05, 3.63) is 18.0 Å². The topological polar surface area (TPSA) is 61.4 Å². The van der Waals surface area contributed by atoms with E-state index >= 15 is 0 Å². The van der Waals surface area contributed by atoms with E-state index in [1.54, 1.807) is 0 Å². The molecule has 0 spiro atoms. The van der Waals surface area contributed by atoms with Crippen molar-refractivity contribution in [2.75, 3.05) is 31.1 Å². The fourth-order valence-electron chi connectivity index (χ4n) is 4.04. The second-order valence-corrected chi connectivity index (χ2v) is 7.11. The molecule has 0 saturated carbocycles. The Hall–Kier alpha value is -1.69. The van der Waals surface area contributed by atoms with E-state index in [4.69, 9.17) is 0 Å². The van der Waals surface area contributed by atoms with E-state index in [1.165, 1.54) is 12.8 Å². The first-order chi connectivity index (χ1) is 11.3. The number of hydrogen-bond acceptors (Lipinski definition) is 5. The number of nitrogens with zero attached hydrogens (tertiary/aromatic N) is 4. The largest absolute Gasteiger partial charge is 0.352 e. The number of amides is 1. The van der Waals surface area contributed by atoms with Crippen molar-refractivity contribution in [3.63, 3.8) is 0 Å². The highest BCUT2D eigenvalue weighted by Crippen LogP contribution is 2.23. The summed E-state index contributed by atoms with van der Waals surface area (Å²) >= 11 is 0. The SMILES string of the molecule is O=C1N[C@H]2CCC[C@@H]1CN(Cc1cnc(N3CCCC3)nc1)C2. The number of nitrogens with one attached hydrogen (secondary N) is 1. The third kappa shape index (κ3) is 3.32. The van der Waals surface area contributed by atoms with Crippen LogP contribution in [0, 0.1) is 5.92 Å². The Labute approximate surface area is 137 Å². The van der Waals surface area contributed by atoms with Gasteiger partial charge in [-0.15, -0.1) is 0 Å². The molecule has 0 aliphatic carbocycles. The van der Waals surface area contributed by atoms with E-state index in [9.17, 15) is 4.79 Å². The lowest BCUT2D eigenvalue weighted by atomic mass is 9.99. The quantitative estimate of drug-likeness (QED) is 0.907. The first-order valence-electron chi connectivity index (χ1n) is 8.86. The maximum Gasteiger partial charge on any atom is 0.225 e. The average molecular weight is 315 g/mol. The molecule has 1 aromatic heterocycles. The summed E-state index contributed by atoms with van der Waals surface area (Å²) in [7, 11) is 0. The van der Waals surface area contributed by atoms with Gasteiger partial charge in [0, 0.05) is 56.7 Å². The molecule has 0 radical (unpaired) electrons. The standard InChI is InChI=1S/C17H25N5O/c23-16-14-4-3-5-15(20-16)12-21(11-14)10-13-8-18-17(19-9-13)22-6-1-2-7-22/h8-9,14-15H,1-7,10-12H2,(H,20,23)/t14-,15+/m1/s1. The highest BCUT2D eigenvalue weighted by molar-refractivity contribution is 5.79. The predicted molar refractivity (Wildman–Crippen MR) is 88.0 cm³/mol. The van der Waals surface area contributed by atoms with Gasteiger partial charge in [-0.25, -0.2) is 9.97 Å². The number of carbonyl (C=O) groups excluding carboxylic acids is 1. The van der Waals surface area contributed by atoms with Crippen LogP contribution in [0.4, 0.5) is 5.95 Å². The molecule has 2 atom stereocenters. The Bertz CT molecular complexity index is 555. The number of aromatic nitrogens is 2. The Kier molecular flexibility index (Phi) is 4.16. The summed E-state index contributed by atoms with van der Waals surface area (Å²) in [4.78, 5) is 25.8. The number of anilines is 1. The van der Waals surface area contributed by atoms with Crippen molar-refractivity contribution in [1.29, 1.82) is 0 Å². The summed E-state index contributed by atoms with van der Waals surface area (Å²) in [6.45, 7) is 4.78. The van der Waals surface area contributed by atoms with Crippen LogP contribution in [0.25, 0.3) is 0 Å². The normalized spacial score (nSPS) is 28.5. The molecule has 0 unspecified atom stereocenters. The first-order valence-corrected chi connectivity index (χ1v) is 8.86. The van der Waals surface area contributed by atoms with Crippen molar-refractivity contribution in [1.82, 2.24) is 20.2 Å². The number of carbonyl (C=O) groups is 1. The van der Waals surface area contributed by atoms with Gasteiger partial charge in [-0.1, -0.05) is 6.42 Å². The van der Waals surface area contributed by atoms with E-state index in [0.29, 0.717) is 6.04 Å². The van der Waals surface area contributed by atoms with Gasteiger partial charge in [0.2, 0.25) is 11.9 Å². The fourth-order valence-corrected chi connectivity index (χ4v) is 4.04. The Morgan fingerprint density at radius 3 is 2.65 bits per heavy atom. The van der Waals surface area contributed by atoms with Crippen LogP contribution >= 0.6 is 0 Å². The Morgan fingerprint density at radius 1 is 1.09 bits per heavy atom. The highest BCUT2D eigenvalue weighted by Gasteiger charge is 2.32. The van der Waals surface area contributed by atoms with Gasteiger partial charge in [0.25, 0.3) is 0 Å². The summed E-state index contributed by atoms with van der Waals surface area (Å²) in [6.07, 6.45) is 9.67. The van der Waals surface area contributed by atoms with Gasteiger partial charge in [0.05, 0.1) is 5.92 Å². The molecule has 3 fully saturated rings. The number of fused-ring (bicyclic) bond motifs is 3. The van der Waals surface area contributed by atoms with Gasteiger partial charge >= 0.3 is 0 Å².